The summed E-state index contributed by atoms with van der Waals surface area (Å²) in [5, 5.41) is 0. The molecule has 0 aromatic carbocycles. The van der Waals surface area contributed by atoms with Crippen molar-refractivity contribution in [3.8, 4) is 0 Å². The van der Waals surface area contributed by atoms with Gasteiger partial charge in [0.15, 0.2) is 6.23 Å². The lowest BCUT2D eigenvalue weighted by atomic mass is 10.2. The molecule has 0 spiro atoms. The van der Waals surface area contributed by atoms with Crippen LogP contribution in [0.1, 0.15) is 41.0 Å². The highest BCUT2D eigenvalue weighted by Gasteiger charge is 2.20. The number of carbonyl (C=O) groups is 1. The molecule has 0 aliphatic heterocycles. The average Bonchev–Trinajstić information content (AvgIpc) is 2.17. The molecule has 15 heavy (non-hydrogen) atoms. The fourth-order valence-electron chi connectivity index (χ4n) is 1.60. The van der Waals surface area contributed by atoms with E-state index in [4.69, 9.17) is 4.74 Å². The Morgan fingerprint density at radius 1 is 1.40 bits per heavy atom. The first-order valence-electron chi connectivity index (χ1n) is 5.65. The smallest absolute Gasteiger partial charge is 0.331 e. The van der Waals surface area contributed by atoms with Gasteiger partial charge in [0.1, 0.15) is 0 Å². The van der Waals surface area contributed by atoms with Crippen LogP contribution >= 0.6 is 0 Å². The molecule has 3 nitrogen and oxygen atoms in total. The standard InChI is InChI=1S/C12H23NO2/c1-6-9-12(14)15-11(7-2)13(8-3)10(4)5/h6,9-11H,7-8H2,1-5H3/b9-6+. The molecule has 0 saturated carbocycles. The Bertz CT molecular complexity index is 212. The number of hydrogen-bond donors (Lipinski definition) is 0. The van der Waals surface area contributed by atoms with Crippen LogP contribution in [0, 0.1) is 0 Å². The van der Waals surface area contributed by atoms with Crippen LogP contribution < -0.4 is 0 Å². The molecule has 0 radical (unpaired) electrons. The van der Waals surface area contributed by atoms with Crippen molar-refractivity contribution in [1.29, 1.82) is 0 Å². The van der Waals surface area contributed by atoms with E-state index in [2.05, 4.69) is 25.7 Å². The third kappa shape index (κ3) is 4.98. The zero-order chi connectivity index (χ0) is 11.8. The molecule has 88 valence electrons. The Balaban J connectivity index is 4.39. The summed E-state index contributed by atoms with van der Waals surface area (Å²) >= 11 is 0. The lowest BCUT2D eigenvalue weighted by Crippen LogP contribution is -2.42. The predicted molar refractivity (Wildman–Crippen MR) is 62.5 cm³/mol. The van der Waals surface area contributed by atoms with Crippen LogP contribution in [0.2, 0.25) is 0 Å². The van der Waals surface area contributed by atoms with Crippen LogP contribution in [0.5, 0.6) is 0 Å². The van der Waals surface area contributed by atoms with Crippen LogP contribution in [0.15, 0.2) is 12.2 Å². The second kappa shape index (κ2) is 7.46. The van der Waals surface area contributed by atoms with E-state index in [-0.39, 0.29) is 12.2 Å². The Kier molecular flexibility index (Phi) is 7.05. The second-order valence-corrected chi connectivity index (χ2v) is 3.72. The number of nitrogens with zero attached hydrogens (tertiary/aromatic N) is 1. The molecule has 0 saturated heterocycles. The van der Waals surface area contributed by atoms with Crippen LogP contribution in [-0.4, -0.2) is 29.7 Å². The van der Waals surface area contributed by atoms with Gasteiger partial charge < -0.3 is 4.74 Å². The molecule has 0 N–H and O–H groups in total. The summed E-state index contributed by atoms with van der Waals surface area (Å²) in [6, 6.07) is 0.387. The van der Waals surface area contributed by atoms with Crippen LogP contribution in [0.25, 0.3) is 0 Å². The topological polar surface area (TPSA) is 29.5 Å². The quantitative estimate of drug-likeness (QED) is 0.386. The monoisotopic (exact) mass is 213 g/mol. The van der Waals surface area contributed by atoms with E-state index in [1.165, 1.54) is 6.08 Å². The van der Waals surface area contributed by atoms with E-state index in [1.807, 2.05) is 13.8 Å². The maximum Gasteiger partial charge on any atom is 0.331 e. The van der Waals surface area contributed by atoms with E-state index >= 15 is 0 Å². The first-order chi connectivity index (χ1) is 7.06. The number of allylic oxidation sites excluding steroid dienone is 1. The van der Waals surface area contributed by atoms with E-state index in [0.717, 1.165) is 13.0 Å². The average molecular weight is 213 g/mol. The van der Waals surface area contributed by atoms with Crippen LogP contribution in [0.3, 0.4) is 0 Å². The number of esters is 1. The van der Waals surface area contributed by atoms with Gasteiger partial charge in [0.05, 0.1) is 0 Å². The zero-order valence-corrected chi connectivity index (χ0v) is 10.5. The van der Waals surface area contributed by atoms with Crippen molar-refractivity contribution in [1.82, 2.24) is 4.90 Å². The first-order valence-corrected chi connectivity index (χ1v) is 5.65. The van der Waals surface area contributed by atoms with Gasteiger partial charge in [0, 0.05) is 12.1 Å². The van der Waals surface area contributed by atoms with E-state index < -0.39 is 0 Å². The van der Waals surface area contributed by atoms with Crippen molar-refractivity contribution in [2.75, 3.05) is 6.54 Å². The summed E-state index contributed by atoms with van der Waals surface area (Å²) in [4.78, 5) is 13.5. The predicted octanol–water partition coefficient (Wildman–Crippen LogP) is 2.57. The van der Waals surface area contributed by atoms with Gasteiger partial charge in [-0.2, -0.15) is 0 Å². The molecular weight excluding hydrogens is 190 g/mol. The van der Waals surface area contributed by atoms with Crippen molar-refractivity contribution in [3.63, 3.8) is 0 Å². The molecule has 0 aromatic heterocycles. The molecule has 0 heterocycles. The fourth-order valence-corrected chi connectivity index (χ4v) is 1.60. The summed E-state index contributed by atoms with van der Waals surface area (Å²) in [5.41, 5.74) is 0. The summed E-state index contributed by atoms with van der Waals surface area (Å²) < 4.78 is 5.35. The van der Waals surface area contributed by atoms with Gasteiger partial charge in [-0.05, 0) is 33.7 Å². The maximum atomic E-state index is 11.3. The summed E-state index contributed by atoms with van der Waals surface area (Å²) in [5.74, 6) is -0.261. The highest BCUT2D eigenvalue weighted by Crippen LogP contribution is 2.10. The molecule has 0 aliphatic carbocycles. The van der Waals surface area contributed by atoms with E-state index in [1.54, 1.807) is 6.08 Å². The third-order valence-corrected chi connectivity index (χ3v) is 2.30. The minimum atomic E-state index is -0.261. The van der Waals surface area contributed by atoms with Gasteiger partial charge in [0.25, 0.3) is 0 Å². The molecule has 1 atom stereocenters. The van der Waals surface area contributed by atoms with Crippen molar-refractivity contribution < 1.29 is 9.53 Å². The number of ether oxygens (including phenoxy) is 1. The van der Waals surface area contributed by atoms with Crippen molar-refractivity contribution in [2.45, 2.75) is 53.3 Å². The lowest BCUT2D eigenvalue weighted by Gasteiger charge is -2.32. The Morgan fingerprint density at radius 2 is 2.00 bits per heavy atom. The lowest BCUT2D eigenvalue weighted by molar-refractivity contribution is -0.155. The minimum Gasteiger partial charge on any atom is -0.443 e. The number of hydrogen-bond acceptors (Lipinski definition) is 3. The minimum absolute atomic E-state index is 0.112. The highest BCUT2D eigenvalue weighted by molar-refractivity contribution is 5.81. The number of rotatable bonds is 6. The molecule has 3 heteroatoms. The number of carbonyl (C=O) groups excluding carboxylic acids is 1. The second-order valence-electron chi connectivity index (χ2n) is 3.72. The molecule has 0 aliphatic rings. The molecular formula is C12H23NO2. The largest absolute Gasteiger partial charge is 0.443 e. The van der Waals surface area contributed by atoms with Crippen molar-refractivity contribution >= 4 is 5.97 Å². The summed E-state index contributed by atoms with van der Waals surface area (Å²) in [6.07, 6.45) is 3.85. The Hall–Kier alpha value is -0.830. The first kappa shape index (κ1) is 14.2. The Labute approximate surface area is 93.1 Å². The zero-order valence-electron chi connectivity index (χ0n) is 10.5. The van der Waals surface area contributed by atoms with E-state index in [9.17, 15) is 4.79 Å². The SMILES string of the molecule is C/C=C/C(=O)OC(CC)N(CC)C(C)C. The molecule has 0 bridgehead atoms. The van der Waals surface area contributed by atoms with Gasteiger partial charge in [-0.3, -0.25) is 4.90 Å². The fraction of sp³-hybridized carbons (Fsp3) is 0.750. The van der Waals surface area contributed by atoms with Gasteiger partial charge in [-0.25, -0.2) is 4.79 Å². The van der Waals surface area contributed by atoms with Crippen LogP contribution in [0.4, 0.5) is 0 Å². The van der Waals surface area contributed by atoms with Gasteiger partial charge in [0.2, 0.25) is 0 Å². The van der Waals surface area contributed by atoms with Gasteiger partial charge >= 0.3 is 5.97 Å². The molecule has 0 fully saturated rings. The van der Waals surface area contributed by atoms with Gasteiger partial charge in [-0.15, -0.1) is 0 Å². The summed E-state index contributed by atoms with van der Waals surface area (Å²) in [7, 11) is 0. The Morgan fingerprint density at radius 3 is 2.33 bits per heavy atom. The van der Waals surface area contributed by atoms with E-state index in [0.29, 0.717) is 6.04 Å². The third-order valence-electron chi connectivity index (χ3n) is 2.30. The molecule has 0 amide bonds. The molecule has 1 unspecified atom stereocenters. The van der Waals surface area contributed by atoms with Crippen LogP contribution in [-0.2, 0) is 9.53 Å². The van der Waals surface area contributed by atoms with Crippen molar-refractivity contribution in [3.05, 3.63) is 12.2 Å². The van der Waals surface area contributed by atoms with Gasteiger partial charge in [-0.1, -0.05) is 19.9 Å². The van der Waals surface area contributed by atoms with Crippen molar-refractivity contribution in [2.24, 2.45) is 0 Å². The molecule has 0 rings (SSSR count). The maximum absolute atomic E-state index is 11.3. The summed E-state index contributed by atoms with van der Waals surface area (Å²) in [6.45, 7) is 11.0. The highest BCUT2D eigenvalue weighted by atomic mass is 16.6. The normalized spacial score (nSPS) is 13.8. The molecule has 0 aromatic rings.